The largest absolute Gasteiger partial charge is 0.371 e. The molecule has 1 aliphatic heterocycles. The van der Waals surface area contributed by atoms with Crippen LogP contribution in [0.25, 0.3) is 5.82 Å². The van der Waals surface area contributed by atoms with E-state index in [1.165, 1.54) is 17.1 Å². The number of anilines is 1. The number of ether oxygens (including phenoxy) is 1. The maximum Gasteiger partial charge on any atom is 0.258 e. The summed E-state index contributed by atoms with van der Waals surface area (Å²) in [6.45, 7) is 2.38. The minimum Gasteiger partial charge on any atom is -0.371 e. The highest BCUT2D eigenvalue weighted by Gasteiger charge is 2.16. The third kappa shape index (κ3) is 4.16. The summed E-state index contributed by atoms with van der Waals surface area (Å²) in [5, 5.41) is 10.9. The number of aromatic nitrogens is 3. The smallest absolute Gasteiger partial charge is 0.258 e. The number of carbonyl (C=O) groups is 1. The van der Waals surface area contributed by atoms with Crippen LogP contribution in [0.1, 0.15) is 22.0 Å². The van der Waals surface area contributed by atoms with Gasteiger partial charge < -0.3 is 15.4 Å². The number of hydrogen-bond acceptors (Lipinski definition) is 5. The molecule has 0 aliphatic carbocycles. The molecule has 138 valence electrons. The van der Waals surface area contributed by atoms with Crippen LogP contribution in [0.3, 0.4) is 0 Å². The Hall–Kier alpha value is -2.74. The molecule has 2 aromatic heterocycles. The number of rotatable bonds is 4. The van der Waals surface area contributed by atoms with E-state index in [1.807, 2.05) is 24.3 Å². The van der Waals surface area contributed by atoms with E-state index in [-0.39, 0.29) is 12.0 Å². The zero-order valence-electron chi connectivity index (χ0n) is 14.4. The first-order chi connectivity index (χ1) is 13.2. The van der Waals surface area contributed by atoms with Crippen molar-refractivity contribution < 1.29 is 9.53 Å². The van der Waals surface area contributed by atoms with Crippen LogP contribution < -0.4 is 10.6 Å². The van der Waals surface area contributed by atoms with E-state index >= 15 is 0 Å². The minimum atomic E-state index is -0.237. The standard InChI is InChI=1S/C19H18ClN5O2/c20-15-3-6-18(22-10-15)25-12-14(9-23-25)19(26)24-16-4-1-13(2-5-16)17-11-21-7-8-27-17/h1-6,9-10,12,17,21H,7-8,11H2,(H,24,26)/t17-/m1/s1. The molecule has 0 unspecified atom stereocenters. The Morgan fingerprint density at radius 1 is 1.22 bits per heavy atom. The fraction of sp³-hybridized carbons (Fsp3) is 0.211. The maximum atomic E-state index is 12.5. The summed E-state index contributed by atoms with van der Waals surface area (Å²) in [5.74, 6) is 0.349. The summed E-state index contributed by atoms with van der Waals surface area (Å²) in [6.07, 6.45) is 4.71. The van der Waals surface area contributed by atoms with Crippen molar-refractivity contribution in [3.8, 4) is 5.82 Å². The highest BCUT2D eigenvalue weighted by Crippen LogP contribution is 2.21. The Labute approximate surface area is 161 Å². The molecule has 1 aromatic carbocycles. The van der Waals surface area contributed by atoms with Crippen molar-refractivity contribution in [2.45, 2.75) is 6.10 Å². The molecule has 27 heavy (non-hydrogen) atoms. The number of amides is 1. The fourth-order valence-corrected chi connectivity index (χ4v) is 2.94. The number of nitrogens with one attached hydrogen (secondary N) is 2. The molecule has 2 N–H and O–H groups in total. The number of hydrogen-bond donors (Lipinski definition) is 2. The zero-order valence-corrected chi connectivity index (χ0v) is 15.2. The van der Waals surface area contributed by atoms with Gasteiger partial charge >= 0.3 is 0 Å². The Kier molecular flexibility index (Phi) is 5.15. The second-order valence-electron chi connectivity index (χ2n) is 6.15. The summed E-state index contributed by atoms with van der Waals surface area (Å²) in [5.41, 5.74) is 2.24. The molecule has 1 saturated heterocycles. The molecule has 4 rings (SSSR count). The predicted octanol–water partition coefficient (Wildman–Crippen LogP) is 2.83. The quantitative estimate of drug-likeness (QED) is 0.724. The molecular formula is C19H18ClN5O2. The van der Waals surface area contributed by atoms with Crippen molar-refractivity contribution in [2.24, 2.45) is 0 Å². The van der Waals surface area contributed by atoms with Gasteiger partial charge in [-0.15, -0.1) is 0 Å². The van der Waals surface area contributed by atoms with E-state index < -0.39 is 0 Å². The van der Waals surface area contributed by atoms with E-state index in [9.17, 15) is 4.79 Å². The van der Waals surface area contributed by atoms with Crippen LogP contribution in [0.5, 0.6) is 0 Å². The average Bonchev–Trinajstić information content (AvgIpc) is 3.20. The Bertz CT molecular complexity index is 918. The third-order valence-electron chi connectivity index (χ3n) is 4.26. The van der Waals surface area contributed by atoms with Crippen LogP contribution in [0, 0.1) is 0 Å². The van der Waals surface area contributed by atoms with Crippen molar-refractivity contribution in [3.63, 3.8) is 0 Å². The Morgan fingerprint density at radius 2 is 2.07 bits per heavy atom. The van der Waals surface area contributed by atoms with Crippen molar-refractivity contribution in [3.05, 3.63) is 71.1 Å². The maximum absolute atomic E-state index is 12.5. The summed E-state index contributed by atoms with van der Waals surface area (Å²) >= 11 is 5.84. The van der Waals surface area contributed by atoms with Gasteiger partial charge in [-0.05, 0) is 29.8 Å². The van der Waals surface area contributed by atoms with Gasteiger partial charge in [0, 0.05) is 31.2 Å². The third-order valence-corrected chi connectivity index (χ3v) is 4.48. The van der Waals surface area contributed by atoms with Crippen molar-refractivity contribution in [1.82, 2.24) is 20.1 Å². The predicted molar refractivity (Wildman–Crippen MR) is 102 cm³/mol. The normalized spacial score (nSPS) is 16.9. The molecule has 3 heterocycles. The minimum absolute atomic E-state index is 0.0496. The van der Waals surface area contributed by atoms with Gasteiger partial charge in [0.2, 0.25) is 0 Å². The topological polar surface area (TPSA) is 81.1 Å². The number of carbonyl (C=O) groups excluding carboxylic acids is 1. The molecule has 1 aliphatic rings. The summed E-state index contributed by atoms with van der Waals surface area (Å²) in [7, 11) is 0. The summed E-state index contributed by atoms with van der Waals surface area (Å²) < 4.78 is 7.26. The van der Waals surface area contributed by atoms with E-state index in [1.54, 1.807) is 18.3 Å². The average molecular weight is 384 g/mol. The van der Waals surface area contributed by atoms with Crippen LogP contribution in [0.15, 0.2) is 55.0 Å². The number of halogens is 1. The SMILES string of the molecule is O=C(Nc1ccc([C@H]2CNCCO2)cc1)c1cnn(-c2ccc(Cl)cn2)c1. The molecule has 0 bridgehead atoms. The molecule has 7 nitrogen and oxygen atoms in total. The van der Waals surface area contributed by atoms with Gasteiger partial charge in [0.15, 0.2) is 5.82 Å². The van der Waals surface area contributed by atoms with Crippen molar-refractivity contribution >= 4 is 23.2 Å². The first-order valence-electron chi connectivity index (χ1n) is 8.59. The first kappa shape index (κ1) is 17.7. The van der Waals surface area contributed by atoms with Gasteiger partial charge in [-0.25, -0.2) is 9.67 Å². The highest BCUT2D eigenvalue weighted by molar-refractivity contribution is 6.30. The summed E-state index contributed by atoms with van der Waals surface area (Å²) in [4.78, 5) is 16.6. The second kappa shape index (κ2) is 7.87. The van der Waals surface area contributed by atoms with Gasteiger partial charge in [-0.1, -0.05) is 23.7 Å². The van der Waals surface area contributed by atoms with Crippen LogP contribution in [0.2, 0.25) is 5.02 Å². The fourth-order valence-electron chi connectivity index (χ4n) is 2.83. The molecule has 0 radical (unpaired) electrons. The second-order valence-corrected chi connectivity index (χ2v) is 6.58. The molecule has 1 amide bonds. The number of pyridine rings is 1. The lowest BCUT2D eigenvalue weighted by Crippen LogP contribution is -2.33. The molecule has 0 saturated carbocycles. The zero-order chi connectivity index (χ0) is 18.6. The van der Waals surface area contributed by atoms with E-state index in [0.29, 0.717) is 28.7 Å². The van der Waals surface area contributed by atoms with Gasteiger partial charge in [0.25, 0.3) is 5.91 Å². The molecule has 1 atom stereocenters. The lowest BCUT2D eigenvalue weighted by atomic mass is 10.1. The van der Waals surface area contributed by atoms with Gasteiger partial charge in [-0.3, -0.25) is 4.79 Å². The summed E-state index contributed by atoms with van der Waals surface area (Å²) in [6, 6.07) is 11.1. The molecular weight excluding hydrogens is 366 g/mol. The van der Waals surface area contributed by atoms with E-state index in [2.05, 4.69) is 20.7 Å². The monoisotopic (exact) mass is 383 g/mol. The molecule has 1 fully saturated rings. The van der Waals surface area contributed by atoms with Crippen LogP contribution in [-0.2, 0) is 4.74 Å². The Balaban J connectivity index is 1.42. The first-order valence-corrected chi connectivity index (χ1v) is 8.97. The molecule has 3 aromatic rings. The highest BCUT2D eigenvalue weighted by atomic mass is 35.5. The van der Waals surface area contributed by atoms with Crippen LogP contribution in [0.4, 0.5) is 5.69 Å². The van der Waals surface area contributed by atoms with E-state index in [4.69, 9.17) is 16.3 Å². The number of benzene rings is 1. The lowest BCUT2D eigenvalue weighted by molar-refractivity contribution is 0.0277. The number of morpholine rings is 1. The van der Waals surface area contributed by atoms with Gasteiger partial charge in [0.05, 0.1) is 29.5 Å². The molecule has 0 spiro atoms. The van der Waals surface area contributed by atoms with E-state index in [0.717, 1.165) is 18.7 Å². The molecule has 8 heteroatoms. The number of nitrogens with zero attached hydrogens (tertiary/aromatic N) is 3. The van der Waals surface area contributed by atoms with Crippen LogP contribution >= 0.6 is 11.6 Å². The van der Waals surface area contributed by atoms with Gasteiger partial charge in [0.1, 0.15) is 0 Å². The van der Waals surface area contributed by atoms with Crippen molar-refractivity contribution in [1.29, 1.82) is 0 Å². The Morgan fingerprint density at radius 3 is 2.78 bits per heavy atom. The van der Waals surface area contributed by atoms with Crippen LogP contribution in [-0.4, -0.2) is 40.4 Å². The lowest BCUT2D eigenvalue weighted by Gasteiger charge is -2.24. The van der Waals surface area contributed by atoms with Crippen molar-refractivity contribution in [2.75, 3.05) is 25.0 Å². The van der Waals surface area contributed by atoms with Gasteiger partial charge in [-0.2, -0.15) is 5.10 Å².